The molecule has 112 valence electrons. The zero-order valence-corrected chi connectivity index (χ0v) is 12.3. The minimum absolute atomic E-state index is 0.0304. The Morgan fingerprint density at radius 1 is 1.43 bits per heavy atom. The van der Waals surface area contributed by atoms with Crippen molar-refractivity contribution in [3.63, 3.8) is 0 Å². The van der Waals surface area contributed by atoms with E-state index >= 15 is 0 Å². The summed E-state index contributed by atoms with van der Waals surface area (Å²) in [5, 5.41) is 8.82. The summed E-state index contributed by atoms with van der Waals surface area (Å²) in [6.45, 7) is 3.31. The highest BCUT2D eigenvalue weighted by Gasteiger charge is 2.23. The molecule has 2 N–H and O–H groups in total. The molecule has 0 saturated heterocycles. The molecule has 7 nitrogen and oxygen atoms in total. The smallest absolute Gasteiger partial charge is 0.371 e. The van der Waals surface area contributed by atoms with Gasteiger partial charge in [0.2, 0.25) is 15.8 Å². The van der Waals surface area contributed by atoms with Crippen LogP contribution in [0.1, 0.15) is 27.4 Å². The van der Waals surface area contributed by atoms with Crippen LogP contribution < -0.4 is 4.72 Å². The average Bonchev–Trinajstić information content (AvgIpc) is 2.81. The summed E-state index contributed by atoms with van der Waals surface area (Å²) in [4.78, 5) is 14.6. The van der Waals surface area contributed by atoms with Crippen LogP contribution in [0.15, 0.2) is 33.8 Å². The Morgan fingerprint density at radius 2 is 2.14 bits per heavy atom. The molecular weight excluding hydrogens is 296 g/mol. The summed E-state index contributed by atoms with van der Waals surface area (Å²) in [6.07, 6.45) is 3.19. The molecule has 0 atom stereocenters. The van der Waals surface area contributed by atoms with Gasteiger partial charge in [-0.05, 0) is 31.0 Å². The number of nitrogens with one attached hydrogen (secondary N) is 1. The lowest BCUT2D eigenvalue weighted by atomic mass is 10.2. The Balaban J connectivity index is 2.23. The first kappa shape index (κ1) is 15.2. The lowest BCUT2D eigenvalue weighted by Gasteiger charge is -2.07. The van der Waals surface area contributed by atoms with Crippen LogP contribution in [-0.4, -0.2) is 24.5 Å². The summed E-state index contributed by atoms with van der Waals surface area (Å²) < 4.78 is 31.7. The quantitative estimate of drug-likeness (QED) is 0.865. The third-order valence-electron chi connectivity index (χ3n) is 2.97. The van der Waals surface area contributed by atoms with Crippen molar-refractivity contribution >= 4 is 16.0 Å². The van der Waals surface area contributed by atoms with Crippen LogP contribution in [-0.2, 0) is 16.6 Å². The fourth-order valence-electron chi connectivity index (χ4n) is 1.77. The molecule has 8 heteroatoms. The first-order valence-corrected chi connectivity index (χ1v) is 7.52. The van der Waals surface area contributed by atoms with Crippen molar-refractivity contribution in [1.82, 2.24) is 9.71 Å². The normalized spacial score (nSPS) is 11.5. The van der Waals surface area contributed by atoms with E-state index in [1.807, 2.05) is 6.92 Å². The summed E-state index contributed by atoms with van der Waals surface area (Å²) in [5.74, 6) is -1.70. The van der Waals surface area contributed by atoms with E-state index in [1.165, 1.54) is 6.92 Å². The van der Waals surface area contributed by atoms with Crippen LogP contribution in [0.25, 0.3) is 0 Å². The number of aromatic carboxylic acids is 1. The SMILES string of the molecule is Cc1ccncc1CNS(=O)(=O)c1cc(C(=O)O)oc1C. The second-order valence-electron chi connectivity index (χ2n) is 4.46. The molecule has 0 aromatic carbocycles. The van der Waals surface area contributed by atoms with Gasteiger partial charge in [-0.1, -0.05) is 0 Å². The highest BCUT2D eigenvalue weighted by atomic mass is 32.2. The van der Waals surface area contributed by atoms with Gasteiger partial charge in [0.25, 0.3) is 0 Å². The van der Waals surface area contributed by atoms with Crippen molar-refractivity contribution in [2.45, 2.75) is 25.3 Å². The molecule has 2 rings (SSSR count). The Bertz CT molecular complexity index is 780. The number of carbonyl (C=O) groups is 1. The van der Waals surface area contributed by atoms with E-state index in [0.717, 1.165) is 17.2 Å². The van der Waals surface area contributed by atoms with Crippen molar-refractivity contribution in [2.24, 2.45) is 0 Å². The first-order chi connectivity index (χ1) is 9.81. The van der Waals surface area contributed by atoms with Crippen molar-refractivity contribution in [3.8, 4) is 0 Å². The van der Waals surface area contributed by atoms with E-state index in [4.69, 9.17) is 9.52 Å². The molecule has 0 unspecified atom stereocenters. The van der Waals surface area contributed by atoms with Crippen LogP contribution >= 0.6 is 0 Å². The Hall–Kier alpha value is -2.19. The molecule has 0 fully saturated rings. The first-order valence-electron chi connectivity index (χ1n) is 6.04. The van der Waals surface area contributed by atoms with Crippen LogP contribution in [0.3, 0.4) is 0 Å². The lowest BCUT2D eigenvalue weighted by molar-refractivity contribution is 0.0661. The highest BCUT2D eigenvalue weighted by molar-refractivity contribution is 7.89. The van der Waals surface area contributed by atoms with Gasteiger partial charge in [-0.25, -0.2) is 17.9 Å². The molecule has 0 aliphatic rings. The van der Waals surface area contributed by atoms with E-state index in [0.29, 0.717) is 0 Å². The summed E-state index contributed by atoms with van der Waals surface area (Å²) in [7, 11) is -3.85. The Labute approximate surface area is 121 Å². The Morgan fingerprint density at radius 3 is 2.71 bits per heavy atom. The third-order valence-corrected chi connectivity index (χ3v) is 4.48. The van der Waals surface area contributed by atoms with Crippen molar-refractivity contribution < 1.29 is 22.7 Å². The molecule has 0 saturated carbocycles. The molecule has 0 spiro atoms. The monoisotopic (exact) mass is 310 g/mol. The van der Waals surface area contributed by atoms with Gasteiger partial charge in [0, 0.05) is 25.0 Å². The molecule has 0 aliphatic heterocycles. The van der Waals surface area contributed by atoms with E-state index in [9.17, 15) is 13.2 Å². The van der Waals surface area contributed by atoms with Gasteiger partial charge in [0.1, 0.15) is 10.7 Å². The van der Waals surface area contributed by atoms with Gasteiger partial charge in [0.05, 0.1) is 0 Å². The van der Waals surface area contributed by atoms with Crippen LogP contribution in [0.5, 0.6) is 0 Å². The topological polar surface area (TPSA) is 110 Å². The van der Waals surface area contributed by atoms with Gasteiger partial charge in [0.15, 0.2) is 0 Å². The molecule has 2 heterocycles. The van der Waals surface area contributed by atoms with E-state index < -0.39 is 21.8 Å². The molecular formula is C13H14N2O5S. The number of hydrogen-bond donors (Lipinski definition) is 2. The predicted molar refractivity (Wildman–Crippen MR) is 73.4 cm³/mol. The van der Waals surface area contributed by atoms with Crippen molar-refractivity contribution in [2.75, 3.05) is 0 Å². The average molecular weight is 310 g/mol. The summed E-state index contributed by atoms with van der Waals surface area (Å²) in [5.41, 5.74) is 1.64. The number of rotatable bonds is 5. The molecule has 0 amide bonds. The molecule has 0 aliphatic carbocycles. The number of hydrogen-bond acceptors (Lipinski definition) is 5. The van der Waals surface area contributed by atoms with Gasteiger partial charge in [-0.2, -0.15) is 0 Å². The maximum atomic E-state index is 12.2. The van der Waals surface area contributed by atoms with Gasteiger partial charge in [-0.3, -0.25) is 4.98 Å². The van der Waals surface area contributed by atoms with Crippen LogP contribution in [0.4, 0.5) is 0 Å². The number of carboxylic acids is 1. The number of pyridine rings is 1. The number of sulfonamides is 1. The van der Waals surface area contributed by atoms with E-state index in [-0.39, 0.29) is 17.2 Å². The highest BCUT2D eigenvalue weighted by Crippen LogP contribution is 2.20. The zero-order valence-electron chi connectivity index (χ0n) is 11.5. The second-order valence-corrected chi connectivity index (χ2v) is 6.20. The lowest BCUT2D eigenvalue weighted by Crippen LogP contribution is -2.24. The number of nitrogens with zero attached hydrogens (tertiary/aromatic N) is 1. The van der Waals surface area contributed by atoms with Crippen LogP contribution in [0, 0.1) is 13.8 Å². The fourth-order valence-corrected chi connectivity index (χ4v) is 2.95. The van der Waals surface area contributed by atoms with Gasteiger partial charge >= 0.3 is 5.97 Å². The standard InChI is InChI=1S/C13H14N2O5S/c1-8-3-4-14-6-10(8)7-15-21(18,19)12-5-11(13(16)17)20-9(12)2/h3-6,15H,7H2,1-2H3,(H,16,17). The predicted octanol–water partition coefficient (Wildman–Crippen LogP) is 1.47. The summed E-state index contributed by atoms with van der Waals surface area (Å²) in [6, 6.07) is 2.77. The number of aryl methyl sites for hydroxylation is 2. The maximum Gasteiger partial charge on any atom is 0.371 e. The van der Waals surface area contributed by atoms with E-state index in [1.54, 1.807) is 18.5 Å². The Kier molecular flexibility index (Phi) is 4.10. The van der Waals surface area contributed by atoms with Gasteiger partial charge < -0.3 is 9.52 Å². The largest absolute Gasteiger partial charge is 0.475 e. The molecule has 21 heavy (non-hydrogen) atoms. The second kappa shape index (κ2) is 5.66. The zero-order chi connectivity index (χ0) is 15.6. The van der Waals surface area contributed by atoms with Crippen molar-refractivity contribution in [3.05, 3.63) is 47.2 Å². The van der Waals surface area contributed by atoms with Crippen molar-refractivity contribution in [1.29, 1.82) is 0 Å². The third kappa shape index (κ3) is 3.29. The van der Waals surface area contributed by atoms with Crippen LogP contribution in [0.2, 0.25) is 0 Å². The fraction of sp³-hybridized carbons (Fsp3) is 0.231. The number of furan rings is 1. The minimum atomic E-state index is -3.85. The molecule has 2 aromatic rings. The number of aromatic nitrogens is 1. The molecule has 2 aromatic heterocycles. The van der Waals surface area contributed by atoms with Gasteiger partial charge in [-0.15, -0.1) is 0 Å². The van der Waals surface area contributed by atoms with E-state index in [2.05, 4.69) is 9.71 Å². The number of carboxylic acid groups (broad SMARTS) is 1. The maximum absolute atomic E-state index is 12.2. The summed E-state index contributed by atoms with van der Waals surface area (Å²) >= 11 is 0. The molecule has 0 radical (unpaired) electrons. The molecule has 0 bridgehead atoms. The minimum Gasteiger partial charge on any atom is -0.475 e.